The van der Waals surface area contributed by atoms with Crippen LogP contribution in [0.25, 0.3) is 22.4 Å². The summed E-state index contributed by atoms with van der Waals surface area (Å²) in [5.74, 6) is -0.235. The highest BCUT2D eigenvalue weighted by molar-refractivity contribution is 5.80. The van der Waals surface area contributed by atoms with Gasteiger partial charge in [-0.05, 0) is 67.9 Å². The first kappa shape index (κ1) is 15.0. The van der Waals surface area contributed by atoms with Crippen LogP contribution in [0.15, 0.2) is 55.0 Å². The Kier molecular flexibility index (Phi) is 4.09. The maximum atomic E-state index is 13.3. The van der Waals surface area contributed by atoms with Crippen LogP contribution < -0.4 is 0 Å². The van der Waals surface area contributed by atoms with E-state index in [1.165, 1.54) is 25.0 Å². The minimum atomic E-state index is -0.235. The quantitative estimate of drug-likeness (QED) is 0.732. The molecule has 0 spiro atoms. The molecule has 3 heterocycles. The fraction of sp³-hybridized carbons (Fsp3) is 0.263. The van der Waals surface area contributed by atoms with Crippen molar-refractivity contribution in [2.45, 2.75) is 19.5 Å². The van der Waals surface area contributed by atoms with Gasteiger partial charge in [0.2, 0.25) is 0 Å². The molecule has 1 saturated heterocycles. The van der Waals surface area contributed by atoms with Crippen molar-refractivity contribution in [3.8, 4) is 22.4 Å². The van der Waals surface area contributed by atoms with Crippen molar-refractivity contribution in [3.05, 3.63) is 60.8 Å². The molecule has 0 atom stereocenters. The van der Waals surface area contributed by atoms with Gasteiger partial charge in [-0.2, -0.15) is 5.10 Å². The second kappa shape index (κ2) is 6.53. The molecule has 0 aliphatic carbocycles. The van der Waals surface area contributed by atoms with Gasteiger partial charge in [0.05, 0.1) is 6.67 Å². The van der Waals surface area contributed by atoms with Crippen molar-refractivity contribution in [1.82, 2.24) is 19.7 Å². The second-order valence-corrected chi connectivity index (χ2v) is 6.14. The Bertz CT molecular complexity index is 805. The maximum absolute atomic E-state index is 13.3. The summed E-state index contributed by atoms with van der Waals surface area (Å²) in [6, 6.07) is 10.5. The number of hydrogen-bond acceptors (Lipinski definition) is 3. The summed E-state index contributed by atoms with van der Waals surface area (Å²) in [4.78, 5) is 6.49. The molecule has 0 bridgehead atoms. The number of rotatable bonds is 4. The van der Waals surface area contributed by atoms with Crippen molar-refractivity contribution in [1.29, 1.82) is 0 Å². The van der Waals surface area contributed by atoms with Gasteiger partial charge in [0.15, 0.2) is 0 Å². The minimum Gasteiger partial charge on any atom is -0.284 e. The van der Waals surface area contributed by atoms with Gasteiger partial charge in [0.1, 0.15) is 11.5 Å². The largest absolute Gasteiger partial charge is 0.284 e. The monoisotopic (exact) mass is 322 g/mol. The third-order valence-corrected chi connectivity index (χ3v) is 4.41. The molecule has 24 heavy (non-hydrogen) atoms. The third kappa shape index (κ3) is 3.08. The predicted octanol–water partition coefficient (Wildman–Crippen LogP) is 3.80. The molecule has 1 aromatic carbocycles. The first-order valence-electron chi connectivity index (χ1n) is 8.26. The van der Waals surface area contributed by atoms with Crippen molar-refractivity contribution < 1.29 is 4.39 Å². The van der Waals surface area contributed by atoms with Gasteiger partial charge in [-0.3, -0.25) is 14.6 Å². The fourth-order valence-electron chi connectivity index (χ4n) is 3.19. The Morgan fingerprint density at radius 3 is 2.33 bits per heavy atom. The molecule has 0 saturated carbocycles. The van der Waals surface area contributed by atoms with Gasteiger partial charge in [0.25, 0.3) is 0 Å². The van der Waals surface area contributed by atoms with E-state index >= 15 is 0 Å². The number of aromatic nitrogens is 3. The number of hydrogen-bond donors (Lipinski definition) is 0. The topological polar surface area (TPSA) is 34.0 Å². The summed E-state index contributed by atoms with van der Waals surface area (Å²) in [6.45, 7) is 3.03. The Hall–Kier alpha value is -2.53. The lowest BCUT2D eigenvalue weighted by atomic mass is 10.0. The molecular weight excluding hydrogens is 303 g/mol. The van der Waals surface area contributed by atoms with E-state index in [1.54, 1.807) is 24.5 Å². The molecule has 2 aromatic heterocycles. The minimum absolute atomic E-state index is 0.235. The van der Waals surface area contributed by atoms with Crippen LogP contribution in [0, 0.1) is 5.82 Å². The van der Waals surface area contributed by atoms with Crippen LogP contribution >= 0.6 is 0 Å². The standard InChI is InChI=1S/C19H19FN4/c20-17-5-3-16(4-6-17)19-18(15-7-9-21-10-8-15)13-24(22-19)14-23-11-1-2-12-23/h3-10,13H,1-2,11-12,14H2. The molecule has 1 fully saturated rings. The van der Waals surface area contributed by atoms with Crippen LogP contribution in [0.4, 0.5) is 4.39 Å². The van der Waals surface area contributed by atoms with Gasteiger partial charge in [0, 0.05) is 29.7 Å². The fourth-order valence-corrected chi connectivity index (χ4v) is 3.19. The molecule has 1 aliphatic rings. The van der Waals surface area contributed by atoms with Gasteiger partial charge in [-0.15, -0.1) is 0 Å². The van der Waals surface area contributed by atoms with E-state index in [0.29, 0.717) is 0 Å². The van der Waals surface area contributed by atoms with Crippen LogP contribution in [-0.2, 0) is 6.67 Å². The van der Waals surface area contributed by atoms with Gasteiger partial charge in [-0.25, -0.2) is 4.39 Å². The van der Waals surface area contributed by atoms with Crippen LogP contribution in [0.2, 0.25) is 0 Å². The highest BCUT2D eigenvalue weighted by Gasteiger charge is 2.16. The Labute approximate surface area is 140 Å². The number of nitrogens with zero attached hydrogens (tertiary/aromatic N) is 4. The van der Waals surface area contributed by atoms with E-state index in [1.807, 2.05) is 16.8 Å². The lowest BCUT2D eigenvalue weighted by Gasteiger charge is -2.13. The summed E-state index contributed by atoms with van der Waals surface area (Å²) in [5, 5.41) is 4.78. The van der Waals surface area contributed by atoms with E-state index in [0.717, 1.165) is 42.1 Å². The first-order valence-corrected chi connectivity index (χ1v) is 8.26. The third-order valence-electron chi connectivity index (χ3n) is 4.41. The highest BCUT2D eigenvalue weighted by Crippen LogP contribution is 2.31. The lowest BCUT2D eigenvalue weighted by Crippen LogP contribution is -2.23. The summed E-state index contributed by atoms with van der Waals surface area (Å²) in [5.41, 5.74) is 3.91. The molecule has 1 aliphatic heterocycles. The summed E-state index contributed by atoms with van der Waals surface area (Å²) >= 11 is 0. The zero-order chi connectivity index (χ0) is 16.4. The van der Waals surface area contributed by atoms with Crippen LogP contribution in [0.5, 0.6) is 0 Å². The molecule has 122 valence electrons. The maximum Gasteiger partial charge on any atom is 0.123 e. The number of pyridine rings is 1. The van der Waals surface area contributed by atoms with Gasteiger partial charge in [-0.1, -0.05) is 0 Å². The van der Waals surface area contributed by atoms with Crippen LogP contribution in [-0.4, -0.2) is 32.8 Å². The smallest absolute Gasteiger partial charge is 0.123 e. The molecule has 3 aromatic rings. The number of likely N-dealkylation sites (tertiary alicyclic amines) is 1. The van der Waals surface area contributed by atoms with Crippen molar-refractivity contribution >= 4 is 0 Å². The molecule has 5 heteroatoms. The average Bonchev–Trinajstić information content (AvgIpc) is 3.27. The summed E-state index contributed by atoms with van der Waals surface area (Å²) in [7, 11) is 0. The summed E-state index contributed by atoms with van der Waals surface area (Å²) < 4.78 is 15.2. The van der Waals surface area contributed by atoms with Crippen molar-refractivity contribution in [2.75, 3.05) is 13.1 Å². The molecule has 0 radical (unpaired) electrons. The van der Waals surface area contributed by atoms with E-state index in [4.69, 9.17) is 5.10 Å². The van der Waals surface area contributed by atoms with Gasteiger partial charge >= 0.3 is 0 Å². The highest BCUT2D eigenvalue weighted by atomic mass is 19.1. The molecule has 4 nitrogen and oxygen atoms in total. The lowest BCUT2D eigenvalue weighted by molar-refractivity contribution is 0.256. The van der Waals surface area contributed by atoms with Crippen molar-refractivity contribution in [2.24, 2.45) is 0 Å². The van der Waals surface area contributed by atoms with E-state index < -0.39 is 0 Å². The average molecular weight is 322 g/mol. The van der Waals surface area contributed by atoms with E-state index in [-0.39, 0.29) is 5.82 Å². The van der Waals surface area contributed by atoms with Crippen molar-refractivity contribution in [3.63, 3.8) is 0 Å². The molecule has 0 unspecified atom stereocenters. The van der Waals surface area contributed by atoms with E-state index in [2.05, 4.69) is 16.1 Å². The first-order chi connectivity index (χ1) is 11.8. The molecule has 0 N–H and O–H groups in total. The molecular formula is C19H19FN4. The second-order valence-electron chi connectivity index (χ2n) is 6.14. The SMILES string of the molecule is Fc1ccc(-c2nn(CN3CCCC3)cc2-c2ccncc2)cc1. The Morgan fingerprint density at radius 1 is 0.917 bits per heavy atom. The number of halogens is 1. The number of benzene rings is 1. The zero-order valence-corrected chi connectivity index (χ0v) is 13.4. The van der Waals surface area contributed by atoms with Crippen LogP contribution in [0.1, 0.15) is 12.8 Å². The normalized spacial score (nSPS) is 15.0. The Balaban J connectivity index is 1.74. The Morgan fingerprint density at radius 2 is 1.62 bits per heavy atom. The van der Waals surface area contributed by atoms with E-state index in [9.17, 15) is 4.39 Å². The summed E-state index contributed by atoms with van der Waals surface area (Å²) in [6.07, 6.45) is 8.14. The van der Waals surface area contributed by atoms with Gasteiger partial charge < -0.3 is 0 Å². The predicted molar refractivity (Wildman–Crippen MR) is 91.7 cm³/mol. The zero-order valence-electron chi connectivity index (χ0n) is 13.4. The molecule has 4 rings (SSSR count). The molecule has 0 amide bonds. The van der Waals surface area contributed by atoms with Crippen LogP contribution in [0.3, 0.4) is 0 Å².